The molecule has 0 aromatic heterocycles. The molecular weight excluding hydrogens is 979 g/mol. The molecule has 0 atom stereocenters. The number of nitro benzene ring substituents is 2. The summed E-state index contributed by atoms with van der Waals surface area (Å²) in [6, 6.07) is 15.3. The van der Waals surface area contributed by atoms with Gasteiger partial charge in [-0.1, -0.05) is 37.9 Å². The minimum atomic E-state index is -0.833. The highest BCUT2D eigenvalue weighted by Gasteiger charge is 2.23. The number of aliphatic carboxylic acids is 1. The van der Waals surface area contributed by atoms with Gasteiger partial charge in [-0.15, -0.1) is 12.4 Å². The van der Waals surface area contributed by atoms with Crippen molar-refractivity contribution in [2.75, 3.05) is 19.6 Å². The number of nitrogens with zero attached hydrogens (tertiary/aromatic N) is 3. The van der Waals surface area contributed by atoms with Gasteiger partial charge in [0, 0.05) is 36.6 Å². The number of nitrogens with two attached hydrogens (primary N) is 1. The van der Waals surface area contributed by atoms with Gasteiger partial charge in [0.1, 0.15) is 17.2 Å². The average molecular weight is 1010 g/mol. The van der Waals surface area contributed by atoms with Gasteiger partial charge in [-0.05, 0) is 86.5 Å². The Hall–Kier alpha value is -4.08. The smallest absolute Gasteiger partial charge is 0.322 e. The van der Waals surface area contributed by atoms with Crippen LogP contribution in [0.15, 0.2) is 83.5 Å². The van der Waals surface area contributed by atoms with E-state index in [2.05, 4.69) is 74.1 Å². The van der Waals surface area contributed by atoms with Crippen molar-refractivity contribution in [3.8, 4) is 11.5 Å². The highest BCUT2D eigenvalue weighted by Crippen LogP contribution is 2.35. The fourth-order valence-corrected chi connectivity index (χ4v) is 5.06. The number of benzene rings is 4. The van der Waals surface area contributed by atoms with Crippen molar-refractivity contribution < 1.29 is 42.8 Å². The number of carboxylic acids is 1. The summed E-state index contributed by atoms with van der Waals surface area (Å²) in [5.74, 6) is 3.61. The minimum Gasteiger partial charge on any atom is -0.490 e. The maximum Gasteiger partial charge on any atom is 0.322 e. The molecule has 280 valence electrons. The van der Waals surface area contributed by atoms with E-state index in [-0.39, 0.29) is 58.8 Å². The lowest BCUT2D eigenvalue weighted by Crippen LogP contribution is -2.08. The first-order valence-electron chi connectivity index (χ1n) is 13.5. The number of hydrogen-bond acceptors (Lipinski definition) is 11. The van der Waals surface area contributed by atoms with Crippen LogP contribution in [0, 0.1) is 31.9 Å². The molecule has 0 saturated carbocycles. The topological polar surface area (TPSA) is 210 Å². The third-order valence-corrected chi connectivity index (χ3v) is 8.13. The number of aldehydes is 1. The number of hydrazine groups is 1. The number of carbonyl (C=O) groups is 2. The summed E-state index contributed by atoms with van der Waals surface area (Å²) in [6.07, 6.45) is 1.76. The number of carbonyl (C=O) groups excluding carboxylic acids is 1. The predicted molar refractivity (Wildman–Crippen MR) is 208 cm³/mol. The molecule has 0 saturated heterocycles. The zero-order valence-electron chi connectivity index (χ0n) is 26.9. The number of aliphatic imine (C=N–C) groups is 1. The van der Waals surface area contributed by atoms with Gasteiger partial charge in [-0.3, -0.25) is 40.7 Å². The zero-order chi connectivity index (χ0) is 38.8. The lowest BCUT2D eigenvalue weighted by atomic mass is 10.1. The Bertz CT molecular complexity index is 1910. The van der Waals surface area contributed by atoms with Crippen molar-refractivity contribution in [3.63, 3.8) is 0 Å². The second kappa shape index (κ2) is 24.2. The molecule has 21 heteroatoms. The predicted octanol–water partition coefficient (Wildman–Crippen LogP) is 9.45. The van der Waals surface area contributed by atoms with E-state index in [4.69, 9.17) is 25.2 Å². The monoisotopic (exact) mass is 1000 g/mol. The molecule has 4 N–H and O–H groups in total. The molecule has 0 aliphatic carbocycles. The van der Waals surface area contributed by atoms with Crippen molar-refractivity contribution >= 4 is 112 Å². The van der Waals surface area contributed by atoms with Crippen molar-refractivity contribution in [3.05, 3.63) is 127 Å². The van der Waals surface area contributed by atoms with E-state index in [0.717, 1.165) is 6.92 Å². The SMILES string of the molecule is CC(=O)O.COc1ccc(Br)c(C=NCc2ccc(Br)cc2F)c1[N+](=O)[O-].COc1ccc(Br)c(C=O)c1[N+](=O)[O-].Cl.NNc1ccc(Br)cc1F. The molecule has 4 rings (SSSR count). The van der Waals surface area contributed by atoms with Crippen molar-refractivity contribution in [2.24, 2.45) is 10.8 Å². The van der Waals surface area contributed by atoms with Crippen LogP contribution in [0.5, 0.6) is 11.5 Å². The Morgan fingerprint density at radius 1 is 0.865 bits per heavy atom. The molecule has 52 heavy (non-hydrogen) atoms. The Morgan fingerprint density at radius 3 is 1.71 bits per heavy atom. The first-order valence-corrected chi connectivity index (χ1v) is 16.7. The van der Waals surface area contributed by atoms with Crippen LogP contribution in [0.1, 0.15) is 28.4 Å². The van der Waals surface area contributed by atoms with E-state index < -0.39 is 21.6 Å². The summed E-state index contributed by atoms with van der Waals surface area (Å²) < 4.78 is 38.4. The molecule has 0 heterocycles. The second-order valence-electron chi connectivity index (χ2n) is 9.15. The summed E-state index contributed by atoms with van der Waals surface area (Å²) in [4.78, 5) is 44.5. The molecule has 0 spiro atoms. The highest BCUT2D eigenvalue weighted by molar-refractivity contribution is 9.11. The van der Waals surface area contributed by atoms with Crippen LogP contribution in [0.25, 0.3) is 0 Å². The van der Waals surface area contributed by atoms with Gasteiger partial charge in [-0.25, -0.2) is 8.78 Å². The van der Waals surface area contributed by atoms with Gasteiger partial charge in [0.05, 0.1) is 41.9 Å². The Labute approximate surface area is 335 Å². The van der Waals surface area contributed by atoms with E-state index in [9.17, 15) is 33.8 Å². The standard InChI is InChI=1S/C15H11Br2FN2O3.C8H6BrNO4.C6H6BrFN2.C2H4O2.ClH/c1-23-14-5-4-12(17)11(15(14)20(21)22)8-19-7-9-2-3-10(16)6-13(9)18;1-14-7-3-2-6(9)5(4-11)8(7)10(12)13;7-4-1-2-6(10-9)5(8)3-4;1-2(3)4;/h2-6,8H,7H2,1H3;2-4H,1H3;1-3,10H,9H2;1H3,(H,3,4);1H. The average Bonchev–Trinajstić information content (AvgIpc) is 3.06. The summed E-state index contributed by atoms with van der Waals surface area (Å²) in [7, 11) is 2.67. The second-order valence-corrected chi connectivity index (χ2v) is 12.7. The van der Waals surface area contributed by atoms with Crippen molar-refractivity contribution in [1.82, 2.24) is 0 Å². The molecule has 4 aromatic carbocycles. The van der Waals surface area contributed by atoms with E-state index in [1.54, 1.807) is 30.3 Å². The number of anilines is 1. The van der Waals surface area contributed by atoms with Gasteiger partial charge < -0.3 is 20.0 Å². The molecule has 0 aliphatic heterocycles. The first-order chi connectivity index (χ1) is 24.0. The third kappa shape index (κ3) is 15.3. The zero-order valence-corrected chi connectivity index (χ0v) is 34.1. The lowest BCUT2D eigenvalue weighted by molar-refractivity contribution is -0.386. The van der Waals surface area contributed by atoms with E-state index >= 15 is 0 Å². The Kier molecular flexibility index (Phi) is 22.3. The van der Waals surface area contributed by atoms with Gasteiger partial charge >= 0.3 is 11.4 Å². The van der Waals surface area contributed by atoms with E-state index in [1.807, 2.05) is 0 Å². The number of hydrogen-bond donors (Lipinski definition) is 3. The number of ether oxygens (including phenoxy) is 2. The molecule has 0 radical (unpaired) electrons. The molecule has 0 fully saturated rings. The van der Waals surface area contributed by atoms with Crippen LogP contribution in [0.3, 0.4) is 0 Å². The van der Waals surface area contributed by atoms with E-state index in [0.29, 0.717) is 35.4 Å². The molecule has 0 aliphatic rings. The molecule has 4 aromatic rings. The lowest BCUT2D eigenvalue weighted by Gasteiger charge is -2.06. The fraction of sp³-hybridized carbons (Fsp3) is 0.129. The number of nitro groups is 2. The maximum absolute atomic E-state index is 13.7. The quantitative estimate of drug-likeness (QED) is 0.0473. The highest BCUT2D eigenvalue weighted by atomic mass is 79.9. The van der Waals surface area contributed by atoms with Crippen LogP contribution in [-0.2, 0) is 11.3 Å². The molecule has 0 amide bonds. The van der Waals surface area contributed by atoms with Crippen molar-refractivity contribution in [1.29, 1.82) is 0 Å². The summed E-state index contributed by atoms with van der Waals surface area (Å²) in [6.45, 7) is 1.15. The normalized spacial score (nSPS) is 9.73. The van der Waals surface area contributed by atoms with E-state index in [1.165, 1.54) is 50.8 Å². The number of nitrogens with one attached hydrogen (secondary N) is 1. The van der Waals surface area contributed by atoms with Crippen molar-refractivity contribution in [2.45, 2.75) is 13.5 Å². The Balaban J connectivity index is 0.000000763. The van der Waals surface area contributed by atoms with Crippen LogP contribution < -0.4 is 20.7 Å². The maximum atomic E-state index is 13.7. The third-order valence-electron chi connectivity index (χ3n) is 5.76. The summed E-state index contributed by atoms with van der Waals surface area (Å²) in [5, 5.41) is 29.3. The van der Waals surface area contributed by atoms with Crippen LogP contribution in [0.2, 0.25) is 0 Å². The van der Waals surface area contributed by atoms with Crippen LogP contribution >= 0.6 is 76.1 Å². The molecule has 0 unspecified atom stereocenters. The van der Waals surface area contributed by atoms with Gasteiger partial charge in [0.25, 0.3) is 5.97 Å². The van der Waals surface area contributed by atoms with Gasteiger partial charge in [0.15, 0.2) is 17.8 Å². The first kappa shape index (κ1) is 47.9. The number of rotatable bonds is 9. The number of carboxylic acid groups (broad SMARTS) is 1. The summed E-state index contributed by atoms with van der Waals surface area (Å²) in [5.41, 5.74) is 2.65. The molecular formula is C31H28Br4ClF2N5O9. The van der Waals surface area contributed by atoms with Gasteiger partial charge in [-0.2, -0.15) is 0 Å². The fourth-order valence-electron chi connectivity index (χ4n) is 3.56. The number of methoxy groups -OCH3 is 2. The molecule has 14 nitrogen and oxygen atoms in total. The van der Waals surface area contributed by atoms with Crippen LogP contribution in [0.4, 0.5) is 25.8 Å². The largest absolute Gasteiger partial charge is 0.490 e. The Morgan fingerprint density at radius 2 is 1.31 bits per heavy atom. The summed E-state index contributed by atoms with van der Waals surface area (Å²) >= 11 is 12.6. The number of nitrogen functional groups attached to an aromatic ring is 1. The molecule has 0 bridgehead atoms. The van der Waals surface area contributed by atoms with Crippen LogP contribution in [-0.4, -0.2) is 47.6 Å². The van der Waals surface area contributed by atoms with Gasteiger partial charge in [0.2, 0.25) is 0 Å². The minimum absolute atomic E-state index is 0. The number of halogens is 7.